The normalized spacial score (nSPS) is 11.2. The van der Waals surface area contributed by atoms with Crippen LogP contribution in [0, 0.1) is 0 Å². The molecule has 0 atom stereocenters. The molecular weight excluding hydrogens is 204 g/mol. The second kappa shape index (κ2) is 5.61. The van der Waals surface area contributed by atoms with Crippen molar-refractivity contribution in [3.05, 3.63) is 30.1 Å². The SMILES string of the molecule is CC(C)(CCO)NC(=O)Cc1ccncc1. The number of carbonyl (C=O) groups excluding carboxylic acids is 1. The Kier molecular flexibility index (Phi) is 4.43. The van der Waals surface area contributed by atoms with Crippen molar-refractivity contribution < 1.29 is 9.90 Å². The van der Waals surface area contributed by atoms with Crippen LogP contribution in [0.5, 0.6) is 0 Å². The van der Waals surface area contributed by atoms with Crippen LogP contribution in [0.1, 0.15) is 25.8 Å². The summed E-state index contributed by atoms with van der Waals surface area (Å²) >= 11 is 0. The predicted octanol–water partition coefficient (Wildman–Crippen LogP) is 0.901. The monoisotopic (exact) mass is 222 g/mol. The van der Waals surface area contributed by atoms with Gasteiger partial charge in [0.05, 0.1) is 6.42 Å². The average molecular weight is 222 g/mol. The highest BCUT2D eigenvalue weighted by atomic mass is 16.3. The zero-order chi connectivity index (χ0) is 12.0. The van der Waals surface area contributed by atoms with Gasteiger partial charge in [0.2, 0.25) is 5.91 Å². The number of aliphatic hydroxyl groups is 1. The first kappa shape index (κ1) is 12.6. The molecule has 0 aromatic carbocycles. The van der Waals surface area contributed by atoms with Crippen molar-refractivity contribution in [2.75, 3.05) is 6.61 Å². The van der Waals surface area contributed by atoms with Crippen LogP contribution in [-0.4, -0.2) is 28.1 Å². The Hall–Kier alpha value is -1.42. The molecule has 0 unspecified atom stereocenters. The number of nitrogens with one attached hydrogen (secondary N) is 1. The number of nitrogens with zero attached hydrogens (tertiary/aromatic N) is 1. The van der Waals surface area contributed by atoms with Gasteiger partial charge < -0.3 is 10.4 Å². The summed E-state index contributed by atoms with van der Waals surface area (Å²) < 4.78 is 0. The Morgan fingerprint density at radius 1 is 1.44 bits per heavy atom. The summed E-state index contributed by atoms with van der Waals surface area (Å²) in [6, 6.07) is 3.64. The molecule has 88 valence electrons. The molecule has 0 aliphatic rings. The van der Waals surface area contributed by atoms with Crippen molar-refractivity contribution in [1.29, 1.82) is 0 Å². The largest absolute Gasteiger partial charge is 0.396 e. The fourth-order valence-corrected chi connectivity index (χ4v) is 1.45. The summed E-state index contributed by atoms with van der Waals surface area (Å²) in [7, 11) is 0. The lowest BCUT2D eigenvalue weighted by molar-refractivity contribution is -0.122. The van der Waals surface area contributed by atoms with Crippen molar-refractivity contribution in [1.82, 2.24) is 10.3 Å². The van der Waals surface area contributed by atoms with Crippen LogP contribution in [0.25, 0.3) is 0 Å². The molecule has 2 N–H and O–H groups in total. The van der Waals surface area contributed by atoms with Gasteiger partial charge in [-0.2, -0.15) is 0 Å². The lowest BCUT2D eigenvalue weighted by Crippen LogP contribution is -2.44. The molecular formula is C12H18N2O2. The summed E-state index contributed by atoms with van der Waals surface area (Å²) in [6.07, 6.45) is 4.23. The molecule has 0 saturated carbocycles. The smallest absolute Gasteiger partial charge is 0.224 e. The lowest BCUT2D eigenvalue weighted by Gasteiger charge is -2.25. The summed E-state index contributed by atoms with van der Waals surface area (Å²) in [5, 5.41) is 11.7. The summed E-state index contributed by atoms with van der Waals surface area (Å²) in [5.74, 6) is -0.0374. The van der Waals surface area contributed by atoms with E-state index in [4.69, 9.17) is 5.11 Å². The molecule has 1 rings (SSSR count). The number of amides is 1. The van der Waals surface area contributed by atoms with E-state index in [9.17, 15) is 4.79 Å². The zero-order valence-electron chi connectivity index (χ0n) is 9.73. The fraction of sp³-hybridized carbons (Fsp3) is 0.500. The molecule has 1 amide bonds. The molecule has 0 radical (unpaired) electrons. The van der Waals surface area contributed by atoms with Crippen LogP contribution in [0.3, 0.4) is 0 Å². The molecule has 0 saturated heterocycles. The molecule has 0 spiro atoms. The van der Waals surface area contributed by atoms with E-state index in [0.29, 0.717) is 12.8 Å². The first-order valence-electron chi connectivity index (χ1n) is 5.34. The van der Waals surface area contributed by atoms with Gasteiger partial charge in [-0.05, 0) is 38.0 Å². The van der Waals surface area contributed by atoms with Crippen molar-refractivity contribution >= 4 is 5.91 Å². The topological polar surface area (TPSA) is 62.2 Å². The Morgan fingerprint density at radius 3 is 2.62 bits per heavy atom. The predicted molar refractivity (Wildman–Crippen MR) is 61.9 cm³/mol. The molecule has 4 nitrogen and oxygen atoms in total. The molecule has 0 aliphatic carbocycles. The number of hydrogen-bond acceptors (Lipinski definition) is 3. The quantitative estimate of drug-likeness (QED) is 0.778. The van der Waals surface area contributed by atoms with Gasteiger partial charge in [-0.15, -0.1) is 0 Å². The van der Waals surface area contributed by atoms with Crippen molar-refractivity contribution in [2.45, 2.75) is 32.2 Å². The highest BCUT2D eigenvalue weighted by Gasteiger charge is 2.19. The number of rotatable bonds is 5. The second-order valence-corrected chi connectivity index (χ2v) is 4.44. The maximum atomic E-state index is 11.7. The average Bonchev–Trinajstić information content (AvgIpc) is 2.17. The van der Waals surface area contributed by atoms with E-state index >= 15 is 0 Å². The maximum Gasteiger partial charge on any atom is 0.224 e. The van der Waals surface area contributed by atoms with Crippen LogP contribution in [0.2, 0.25) is 0 Å². The fourth-order valence-electron chi connectivity index (χ4n) is 1.45. The van der Waals surface area contributed by atoms with Gasteiger partial charge in [-0.3, -0.25) is 9.78 Å². The van der Waals surface area contributed by atoms with E-state index in [-0.39, 0.29) is 18.1 Å². The second-order valence-electron chi connectivity index (χ2n) is 4.44. The van der Waals surface area contributed by atoms with E-state index in [0.717, 1.165) is 5.56 Å². The van der Waals surface area contributed by atoms with Crippen molar-refractivity contribution in [2.24, 2.45) is 0 Å². The summed E-state index contributed by atoms with van der Waals surface area (Å²) in [5.41, 5.74) is 0.575. The zero-order valence-corrected chi connectivity index (χ0v) is 9.73. The molecule has 0 aliphatic heterocycles. The van der Waals surface area contributed by atoms with E-state index in [1.807, 2.05) is 26.0 Å². The summed E-state index contributed by atoms with van der Waals surface area (Å²) in [6.45, 7) is 3.86. The first-order valence-corrected chi connectivity index (χ1v) is 5.34. The third-order valence-corrected chi connectivity index (χ3v) is 2.33. The minimum absolute atomic E-state index is 0.0374. The van der Waals surface area contributed by atoms with Crippen molar-refractivity contribution in [3.8, 4) is 0 Å². The van der Waals surface area contributed by atoms with Gasteiger partial charge in [0.15, 0.2) is 0 Å². The Labute approximate surface area is 95.7 Å². The maximum absolute atomic E-state index is 11.7. The number of carbonyl (C=O) groups is 1. The van der Waals surface area contributed by atoms with Crippen LogP contribution in [0.4, 0.5) is 0 Å². The highest BCUT2D eigenvalue weighted by Crippen LogP contribution is 2.08. The van der Waals surface area contributed by atoms with Gasteiger partial charge in [-0.1, -0.05) is 0 Å². The molecule has 1 heterocycles. The minimum Gasteiger partial charge on any atom is -0.396 e. The highest BCUT2D eigenvalue weighted by molar-refractivity contribution is 5.79. The van der Waals surface area contributed by atoms with E-state index in [2.05, 4.69) is 10.3 Å². The van der Waals surface area contributed by atoms with Crippen LogP contribution in [-0.2, 0) is 11.2 Å². The molecule has 4 heteroatoms. The van der Waals surface area contributed by atoms with E-state index in [1.165, 1.54) is 0 Å². The number of pyridine rings is 1. The first-order chi connectivity index (χ1) is 7.53. The minimum atomic E-state index is -0.362. The molecule has 1 aromatic heterocycles. The van der Waals surface area contributed by atoms with Gasteiger partial charge in [0, 0.05) is 24.5 Å². The lowest BCUT2D eigenvalue weighted by atomic mass is 10.0. The third-order valence-electron chi connectivity index (χ3n) is 2.33. The van der Waals surface area contributed by atoms with E-state index in [1.54, 1.807) is 12.4 Å². The van der Waals surface area contributed by atoms with Gasteiger partial charge in [0.1, 0.15) is 0 Å². The Morgan fingerprint density at radius 2 is 2.06 bits per heavy atom. The summed E-state index contributed by atoms with van der Waals surface area (Å²) in [4.78, 5) is 15.6. The number of aliphatic hydroxyl groups excluding tert-OH is 1. The molecule has 1 aromatic rings. The van der Waals surface area contributed by atoms with Crippen LogP contribution < -0.4 is 5.32 Å². The van der Waals surface area contributed by atoms with Gasteiger partial charge in [-0.25, -0.2) is 0 Å². The Bertz CT molecular complexity index is 336. The molecule has 0 bridgehead atoms. The van der Waals surface area contributed by atoms with Gasteiger partial charge in [0.25, 0.3) is 0 Å². The number of aromatic nitrogens is 1. The van der Waals surface area contributed by atoms with E-state index < -0.39 is 0 Å². The number of hydrogen-bond donors (Lipinski definition) is 2. The third kappa shape index (κ3) is 4.40. The Balaban J connectivity index is 2.48. The molecule has 0 fully saturated rings. The van der Waals surface area contributed by atoms with Crippen LogP contribution >= 0.6 is 0 Å². The van der Waals surface area contributed by atoms with Crippen molar-refractivity contribution in [3.63, 3.8) is 0 Å². The standard InChI is InChI=1S/C12H18N2O2/c1-12(2,5-8-15)14-11(16)9-10-3-6-13-7-4-10/h3-4,6-7,15H,5,8-9H2,1-2H3,(H,14,16). The molecule has 16 heavy (non-hydrogen) atoms. The van der Waals surface area contributed by atoms with Crippen LogP contribution in [0.15, 0.2) is 24.5 Å². The van der Waals surface area contributed by atoms with Gasteiger partial charge >= 0.3 is 0 Å².